The molecule has 0 spiro atoms. The van der Waals surface area contributed by atoms with Gasteiger partial charge >= 0.3 is 12.0 Å². The van der Waals surface area contributed by atoms with Crippen LogP contribution in [0.5, 0.6) is 0 Å². The molecule has 0 atom stereocenters. The van der Waals surface area contributed by atoms with Crippen molar-refractivity contribution in [2.24, 2.45) is 11.8 Å². The zero-order chi connectivity index (χ0) is 19.1. The average Bonchev–Trinajstić information content (AvgIpc) is 3.02. The van der Waals surface area contributed by atoms with Crippen LogP contribution in [0.4, 0.5) is 9.93 Å². The molecule has 1 aliphatic rings. The first-order valence-corrected chi connectivity index (χ1v) is 10.3. The molecule has 0 bridgehead atoms. The fourth-order valence-electron chi connectivity index (χ4n) is 3.18. The first kappa shape index (κ1) is 20.6. The Morgan fingerprint density at radius 2 is 1.96 bits per heavy atom. The van der Waals surface area contributed by atoms with E-state index in [1.165, 1.54) is 11.3 Å². The monoisotopic (exact) mass is 382 g/mol. The lowest BCUT2D eigenvalue weighted by Gasteiger charge is -2.36. The molecule has 26 heavy (non-hydrogen) atoms. The molecule has 7 nitrogen and oxygen atoms in total. The molecule has 0 aliphatic heterocycles. The van der Waals surface area contributed by atoms with Crippen LogP contribution >= 0.6 is 11.3 Å². The molecule has 2 amide bonds. The van der Waals surface area contributed by atoms with Gasteiger partial charge in [-0.05, 0) is 43.9 Å². The van der Waals surface area contributed by atoms with Crippen LogP contribution in [0.2, 0.25) is 0 Å². The van der Waals surface area contributed by atoms with E-state index in [1.54, 1.807) is 0 Å². The maximum atomic E-state index is 12.8. The van der Waals surface area contributed by atoms with Gasteiger partial charge in [0.2, 0.25) is 5.13 Å². The SMILES string of the molecule is CC(C)CCN(C(=O)Nc1nnc(CCC(=O)O)s1)C1CCC(C)CC1. The van der Waals surface area contributed by atoms with Crippen molar-refractivity contribution < 1.29 is 14.7 Å². The lowest BCUT2D eigenvalue weighted by molar-refractivity contribution is -0.136. The third-order valence-electron chi connectivity index (χ3n) is 4.87. The molecule has 1 heterocycles. The Labute approximate surface area is 159 Å². The van der Waals surface area contributed by atoms with Crippen LogP contribution in [0.1, 0.15) is 64.3 Å². The number of urea groups is 1. The number of amides is 2. The summed E-state index contributed by atoms with van der Waals surface area (Å²) < 4.78 is 0. The highest BCUT2D eigenvalue weighted by molar-refractivity contribution is 7.15. The number of carbonyl (C=O) groups is 2. The topological polar surface area (TPSA) is 95.4 Å². The molecule has 0 unspecified atom stereocenters. The fraction of sp³-hybridized carbons (Fsp3) is 0.778. The predicted molar refractivity (Wildman–Crippen MR) is 102 cm³/mol. The van der Waals surface area contributed by atoms with E-state index in [4.69, 9.17) is 5.11 Å². The van der Waals surface area contributed by atoms with Gasteiger partial charge in [-0.15, -0.1) is 10.2 Å². The largest absolute Gasteiger partial charge is 0.481 e. The number of carboxylic acids is 1. The second-order valence-corrected chi connectivity index (χ2v) is 8.68. The van der Waals surface area contributed by atoms with Crippen LogP contribution in [0.25, 0.3) is 0 Å². The highest BCUT2D eigenvalue weighted by atomic mass is 32.1. The number of nitrogens with zero attached hydrogens (tertiary/aromatic N) is 3. The van der Waals surface area contributed by atoms with Crippen molar-refractivity contribution in [2.45, 2.75) is 71.8 Å². The number of carboxylic acid groups (broad SMARTS) is 1. The molecular formula is C18H30N4O3S. The van der Waals surface area contributed by atoms with E-state index in [9.17, 15) is 9.59 Å². The summed E-state index contributed by atoms with van der Waals surface area (Å²) in [5.41, 5.74) is 0. The molecule has 2 N–H and O–H groups in total. The van der Waals surface area contributed by atoms with Gasteiger partial charge in [-0.2, -0.15) is 0 Å². The Bertz CT molecular complexity index is 597. The van der Waals surface area contributed by atoms with E-state index in [1.807, 2.05) is 4.90 Å². The Kier molecular flexibility index (Phi) is 7.81. The predicted octanol–water partition coefficient (Wildman–Crippen LogP) is 4.01. The van der Waals surface area contributed by atoms with Crippen LogP contribution in [0, 0.1) is 11.8 Å². The lowest BCUT2D eigenvalue weighted by atomic mass is 9.86. The molecule has 1 aliphatic carbocycles. The van der Waals surface area contributed by atoms with E-state index < -0.39 is 5.97 Å². The minimum Gasteiger partial charge on any atom is -0.481 e. The minimum atomic E-state index is -0.864. The van der Waals surface area contributed by atoms with Crippen LogP contribution < -0.4 is 5.32 Å². The van der Waals surface area contributed by atoms with Crippen molar-refractivity contribution in [3.05, 3.63) is 5.01 Å². The Morgan fingerprint density at radius 1 is 1.27 bits per heavy atom. The minimum absolute atomic E-state index is 0.0172. The third-order valence-corrected chi connectivity index (χ3v) is 5.77. The van der Waals surface area contributed by atoms with Gasteiger partial charge in [0, 0.05) is 19.0 Å². The maximum Gasteiger partial charge on any atom is 0.323 e. The average molecular weight is 383 g/mol. The first-order valence-electron chi connectivity index (χ1n) is 9.47. The van der Waals surface area contributed by atoms with E-state index in [-0.39, 0.29) is 18.5 Å². The van der Waals surface area contributed by atoms with Crippen molar-refractivity contribution in [1.82, 2.24) is 15.1 Å². The van der Waals surface area contributed by atoms with Gasteiger partial charge in [-0.1, -0.05) is 32.1 Å². The second-order valence-electron chi connectivity index (χ2n) is 7.61. The van der Waals surface area contributed by atoms with Crippen molar-refractivity contribution in [1.29, 1.82) is 0 Å². The highest BCUT2D eigenvalue weighted by Crippen LogP contribution is 2.28. The summed E-state index contributed by atoms with van der Waals surface area (Å²) in [7, 11) is 0. The highest BCUT2D eigenvalue weighted by Gasteiger charge is 2.28. The van der Waals surface area contributed by atoms with Crippen LogP contribution in [0.15, 0.2) is 0 Å². The number of rotatable bonds is 8. The van der Waals surface area contributed by atoms with Gasteiger partial charge in [-0.25, -0.2) is 4.79 Å². The van der Waals surface area contributed by atoms with Crippen molar-refractivity contribution in [3.8, 4) is 0 Å². The van der Waals surface area contributed by atoms with Gasteiger partial charge in [0.25, 0.3) is 0 Å². The fourth-order valence-corrected chi connectivity index (χ4v) is 3.91. The summed E-state index contributed by atoms with van der Waals surface area (Å²) in [6.07, 6.45) is 5.74. The Balaban J connectivity index is 1.97. The maximum absolute atomic E-state index is 12.8. The molecular weight excluding hydrogens is 352 g/mol. The van der Waals surface area contributed by atoms with Gasteiger partial charge < -0.3 is 10.0 Å². The molecule has 2 rings (SSSR count). The van der Waals surface area contributed by atoms with Crippen molar-refractivity contribution in [3.63, 3.8) is 0 Å². The molecule has 8 heteroatoms. The third kappa shape index (κ3) is 6.55. The smallest absolute Gasteiger partial charge is 0.323 e. The van der Waals surface area contributed by atoms with E-state index in [0.29, 0.717) is 22.5 Å². The molecule has 0 saturated heterocycles. The Morgan fingerprint density at radius 3 is 2.58 bits per heavy atom. The molecule has 0 radical (unpaired) electrons. The van der Waals surface area contributed by atoms with Gasteiger partial charge in [-0.3, -0.25) is 10.1 Å². The first-order chi connectivity index (χ1) is 12.3. The summed E-state index contributed by atoms with van der Waals surface area (Å²) in [5.74, 6) is 0.412. The van der Waals surface area contributed by atoms with E-state index in [0.717, 1.165) is 44.6 Å². The summed E-state index contributed by atoms with van der Waals surface area (Å²) in [6.45, 7) is 7.35. The van der Waals surface area contributed by atoms with Crippen LogP contribution in [-0.4, -0.2) is 44.8 Å². The van der Waals surface area contributed by atoms with Crippen LogP contribution in [-0.2, 0) is 11.2 Å². The summed E-state index contributed by atoms with van der Waals surface area (Å²) in [6, 6.07) is 0.162. The molecule has 1 fully saturated rings. The number of carbonyl (C=O) groups excluding carboxylic acids is 1. The number of anilines is 1. The number of nitrogens with one attached hydrogen (secondary N) is 1. The lowest BCUT2D eigenvalue weighted by Crippen LogP contribution is -2.45. The van der Waals surface area contributed by atoms with Gasteiger partial charge in [0.05, 0.1) is 6.42 Å². The normalized spacial score (nSPS) is 20.2. The van der Waals surface area contributed by atoms with Crippen LogP contribution in [0.3, 0.4) is 0 Å². The van der Waals surface area contributed by atoms with Gasteiger partial charge in [0.15, 0.2) is 0 Å². The van der Waals surface area contributed by atoms with Crippen molar-refractivity contribution in [2.75, 3.05) is 11.9 Å². The summed E-state index contributed by atoms with van der Waals surface area (Å²) >= 11 is 1.25. The summed E-state index contributed by atoms with van der Waals surface area (Å²) in [5, 5.41) is 20.6. The van der Waals surface area contributed by atoms with E-state index in [2.05, 4.69) is 36.3 Å². The number of aromatic nitrogens is 2. The standard InChI is InChI=1S/C18H30N4O3S/c1-12(2)10-11-22(14-6-4-13(3)5-7-14)18(25)19-17-21-20-15(26-17)8-9-16(23)24/h12-14H,4-11H2,1-3H3,(H,23,24)(H,19,21,25). The number of aryl methyl sites for hydroxylation is 1. The number of aliphatic carboxylic acids is 1. The zero-order valence-electron chi connectivity index (χ0n) is 15.9. The van der Waals surface area contributed by atoms with Crippen molar-refractivity contribution >= 4 is 28.5 Å². The molecule has 146 valence electrons. The second kappa shape index (κ2) is 9.85. The van der Waals surface area contributed by atoms with E-state index >= 15 is 0 Å². The number of hydrogen-bond donors (Lipinski definition) is 2. The summed E-state index contributed by atoms with van der Waals surface area (Å²) in [4.78, 5) is 25.5. The molecule has 0 aromatic carbocycles. The molecule has 1 saturated carbocycles. The number of hydrogen-bond acceptors (Lipinski definition) is 5. The molecule has 1 aromatic rings. The zero-order valence-corrected chi connectivity index (χ0v) is 16.7. The Hall–Kier alpha value is -1.70. The molecule has 1 aromatic heterocycles. The van der Waals surface area contributed by atoms with Gasteiger partial charge in [0.1, 0.15) is 5.01 Å². The quantitative estimate of drug-likeness (QED) is 0.708.